The van der Waals surface area contributed by atoms with Gasteiger partial charge in [-0.2, -0.15) is 0 Å². The minimum absolute atomic E-state index is 0.304. The molecule has 17 heavy (non-hydrogen) atoms. The van der Waals surface area contributed by atoms with Crippen LogP contribution in [-0.4, -0.2) is 17.0 Å². The van der Waals surface area contributed by atoms with Crippen LogP contribution in [0.15, 0.2) is 30.6 Å². The summed E-state index contributed by atoms with van der Waals surface area (Å²) in [7, 11) is 1.75. The summed E-state index contributed by atoms with van der Waals surface area (Å²) < 4.78 is 13.6. The standard InChI is InChI=1S/C12H13FN4/c1-8-3-4-10(9(13)5-8)16-12-7-15-6-11(14-2)17-12/h3-7H,1-2H3,(H2,14,16,17). The fraction of sp³-hybridized carbons (Fsp3) is 0.167. The molecule has 0 saturated carbocycles. The largest absolute Gasteiger partial charge is 0.372 e. The Morgan fingerprint density at radius 1 is 1.18 bits per heavy atom. The number of hydrogen-bond donors (Lipinski definition) is 2. The predicted molar refractivity (Wildman–Crippen MR) is 66.0 cm³/mol. The number of benzene rings is 1. The van der Waals surface area contributed by atoms with Gasteiger partial charge in [0.1, 0.15) is 11.6 Å². The van der Waals surface area contributed by atoms with Crippen molar-refractivity contribution in [2.75, 3.05) is 17.7 Å². The lowest BCUT2D eigenvalue weighted by Gasteiger charge is -2.08. The van der Waals surface area contributed by atoms with Crippen LogP contribution in [0.25, 0.3) is 0 Å². The third kappa shape index (κ3) is 2.69. The number of nitrogens with one attached hydrogen (secondary N) is 2. The Morgan fingerprint density at radius 2 is 1.94 bits per heavy atom. The zero-order valence-electron chi connectivity index (χ0n) is 9.66. The number of anilines is 3. The van der Waals surface area contributed by atoms with E-state index in [1.54, 1.807) is 25.5 Å². The summed E-state index contributed by atoms with van der Waals surface area (Å²) in [6.45, 7) is 1.84. The van der Waals surface area contributed by atoms with Gasteiger partial charge < -0.3 is 10.6 Å². The molecule has 0 spiro atoms. The summed E-state index contributed by atoms with van der Waals surface area (Å²) >= 11 is 0. The highest BCUT2D eigenvalue weighted by Crippen LogP contribution is 2.19. The first kappa shape index (κ1) is 11.3. The third-order valence-electron chi connectivity index (χ3n) is 2.28. The summed E-state index contributed by atoms with van der Waals surface area (Å²) in [5.74, 6) is 0.823. The van der Waals surface area contributed by atoms with E-state index < -0.39 is 0 Å². The van der Waals surface area contributed by atoms with E-state index in [1.165, 1.54) is 6.07 Å². The molecule has 0 unspecified atom stereocenters. The Kier molecular flexibility index (Phi) is 3.18. The molecule has 2 rings (SSSR count). The Labute approximate surface area is 98.9 Å². The van der Waals surface area contributed by atoms with Crippen molar-refractivity contribution in [2.45, 2.75) is 6.92 Å². The van der Waals surface area contributed by atoms with Gasteiger partial charge in [0.25, 0.3) is 0 Å². The highest BCUT2D eigenvalue weighted by atomic mass is 19.1. The normalized spacial score (nSPS) is 10.1. The number of aryl methyl sites for hydroxylation is 1. The van der Waals surface area contributed by atoms with Crippen LogP contribution in [0.2, 0.25) is 0 Å². The Balaban J connectivity index is 2.25. The monoisotopic (exact) mass is 232 g/mol. The Hall–Kier alpha value is -2.17. The number of aromatic nitrogens is 2. The molecule has 5 heteroatoms. The molecule has 1 aromatic carbocycles. The van der Waals surface area contributed by atoms with Crippen LogP contribution in [0, 0.1) is 12.7 Å². The fourth-order valence-corrected chi connectivity index (χ4v) is 1.41. The van der Waals surface area contributed by atoms with Gasteiger partial charge >= 0.3 is 0 Å². The molecular weight excluding hydrogens is 219 g/mol. The number of nitrogens with zero attached hydrogens (tertiary/aromatic N) is 2. The zero-order valence-corrected chi connectivity index (χ0v) is 9.66. The van der Waals surface area contributed by atoms with Gasteiger partial charge in [-0.25, -0.2) is 9.37 Å². The average molecular weight is 232 g/mol. The van der Waals surface area contributed by atoms with Crippen LogP contribution in [0.1, 0.15) is 5.56 Å². The third-order valence-corrected chi connectivity index (χ3v) is 2.28. The summed E-state index contributed by atoms with van der Waals surface area (Å²) in [5.41, 5.74) is 1.27. The van der Waals surface area contributed by atoms with E-state index in [1.807, 2.05) is 13.0 Å². The second-order valence-electron chi connectivity index (χ2n) is 3.65. The molecule has 0 bridgehead atoms. The topological polar surface area (TPSA) is 49.8 Å². The van der Waals surface area contributed by atoms with Crippen molar-refractivity contribution in [1.29, 1.82) is 0 Å². The molecule has 0 aliphatic heterocycles. The quantitative estimate of drug-likeness (QED) is 0.854. The SMILES string of the molecule is CNc1cncc(Nc2ccc(C)cc2F)n1. The number of hydrogen-bond acceptors (Lipinski definition) is 4. The van der Waals surface area contributed by atoms with Gasteiger partial charge in [-0.1, -0.05) is 6.07 Å². The average Bonchev–Trinajstić information content (AvgIpc) is 2.33. The summed E-state index contributed by atoms with van der Waals surface area (Å²) in [6, 6.07) is 4.98. The van der Waals surface area contributed by atoms with Gasteiger partial charge in [-0.3, -0.25) is 4.98 Å². The van der Waals surface area contributed by atoms with Gasteiger partial charge in [-0.15, -0.1) is 0 Å². The van der Waals surface area contributed by atoms with Gasteiger partial charge in [0.15, 0.2) is 5.82 Å². The first-order chi connectivity index (χ1) is 8.19. The Bertz CT molecular complexity index is 528. The summed E-state index contributed by atoms with van der Waals surface area (Å²) in [6.07, 6.45) is 3.14. The van der Waals surface area contributed by atoms with Crippen LogP contribution >= 0.6 is 0 Å². The lowest BCUT2D eigenvalue weighted by Crippen LogP contribution is -2.00. The molecule has 0 saturated heterocycles. The van der Waals surface area contributed by atoms with Crippen LogP contribution in [0.4, 0.5) is 21.7 Å². The molecular formula is C12H13FN4. The van der Waals surface area contributed by atoms with E-state index in [4.69, 9.17) is 0 Å². The van der Waals surface area contributed by atoms with E-state index in [9.17, 15) is 4.39 Å². The smallest absolute Gasteiger partial charge is 0.151 e. The van der Waals surface area contributed by atoms with Crippen molar-refractivity contribution in [3.63, 3.8) is 0 Å². The van der Waals surface area contributed by atoms with Crippen molar-refractivity contribution in [3.8, 4) is 0 Å². The van der Waals surface area contributed by atoms with E-state index in [0.717, 1.165) is 5.56 Å². The molecule has 4 nitrogen and oxygen atoms in total. The first-order valence-electron chi connectivity index (χ1n) is 5.22. The van der Waals surface area contributed by atoms with Crippen molar-refractivity contribution < 1.29 is 4.39 Å². The lowest BCUT2D eigenvalue weighted by atomic mass is 10.2. The highest BCUT2D eigenvalue weighted by Gasteiger charge is 2.04. The van der Waals surface area contributed by atoms with E-state index in [0.29, 0.717) is 17.3 Å². The molecule has 0 fully saturated rings. The molecule has 1 heterocycles. The van der Waals surface area contributed by atoms with E-state index in [2.05, 4.69) is 20.6 Å². The van der Waals surface area contributed by atoms with E-state index >= 15 is 0 Å². The van der Waals surface area contributed by atoms with Crippen molar-refractivity contribution in [3.05, 3.63) is 42.0 Å². The maximum Gasteiger partial charge on any atom is 0.151 e. The van der Waals surface area contributed by atoms with Crippen molar-refractivity contribution in [1.82, 2.24) is 9.97 Å². The van der Waals surface area contributed by atoms with Gasteiger partial charge in [0.05, 0.1) is 18.1 Å². The molecule has 0 aliphatic carbocycles. The van der Waals surface area contributed by atoms with Gasteiger partial charge in [0.2, 0.25) is 0 Å². The first-order valence-corrected chi connectivity index (χ1v) is 5.22. The summed E-state index contributed by atoms with van der Waals surface area (Å²) in [4.78, 5) is 8.19. The molecule has 2 N–H and O–H groups in total. The van der Waals surface area contributed by atoms with Gasteiger partial charge in [0, 0.05) is 7.05 Å². The summed E-state index contributed by atoms with van der Waals surface area (Å²) in [5, 5.41) is 5.76. The molecule has 1 aromatic heterocycles. The van der Waals surface area contributed by atoms with Crippen LogP contribution in [0.5, 0.6) is 0 Å². The molecule has 0 aliphatic rings. The maximum absolute atomic E-state index is 13.6. The maximum atomic E-state index is 13.6. The van der Waals surface area contributed by atoms with Crippen LogP contribution in [-0.2, 0) is 0 Å². The van der Waals surface area contributed by atoms with Crippen molar-refractivity contribution in [2.24, 2.45) is 0 Å². The Morgan fingerprint density at radius 3 is 2.65 bits per heavy atom. The number of rotatable bonds is 3. The van der Waals surface area contributed by atoms with E-state index in [-0.39, 0.29) is 5.82 Å². The van der Waals surface area contributed by atoms with Crippen LogP contribution < -0.4 is 10.6 Å². The van der Waals surface area contributed by atoms with Crippen molar-refractivity contribution >= 4 is 17.3 Å². The minimum Gasteiger partial charge on any atom is -0.372 e. The second-order valence-corrected chi connectivity index (χ2v) is 3.65. The predicted octanol–water partition coefficient (Wildman–Crippen LogP) is 2.71. The molecule has 2 aromatic rings. The lowest BCUT2D eigenvalue weighted by molar-refractivity contribution is 0.630. The van der Waals surface area contributed by atoms with Crippen LogP contribution in [0.3, 0.4) is 0 Å². The minimum atomic E-state index is -0.304. The second kappa shape index (κ2) is 4.78. The molecule has 0 amide bonds. The number of halogens is 1. The van der Waals surface area contributed by atoms with Gasteiger partial charge in [-0.05, 0) is 24.6 Å². The zero-order chi connectivity index (χ0) is 12.3. The molecule has 0 atom stereocenters. The molecule has 88 valence electrons. The molecule has 0 radical (unpaired) electrons. The fourth-order valence-electron chi connectivity index (χ4n) is 1.41. The highest BCUT2D eigenvalue weighted by molar-refractivity contribution is 5.57.